The average Bonchev–Trinajstić information content (AvgIpc) is 2.76. The Kier molecular flexibility index (Phi) is 4.36. The molecular weight excluding hydrogens is 306 g/mol. The van der Waals surface area contributed by atoms with Gasteiger partial charge in [-0.3, -0.25) is 4.79 Å². The molecule has 2 heterocycles. The van der Waals surface area contributed by atoms with Gasteiger partial charge in [0.1, 0.15) is 5.75 Å². The Hall–Kier alpha value is -0.870. The number of rotatable bonds is 3. The van der Waals surface area contributed by atoms with Crippen LogP contribution in [0.2, 0.25) is 5.02 Å². The summed E-state index contributed by atoms with van der Waals surface area (Å²) in [5, 5.41) is 1.26. The molecule has 2 saturated heterocycles. The third-order valence-corrected chi connectivity index (χ3v) is 5.94. The van der Waals surface area contributed by atoms with Gasteiger partial charge in [0.25, 0.3) is 5.91 Å². The van der Waals surface area contributed by atoms with Gasteiger partial charge in [0, 0.05) is 22.4 Å². The molecule has 2 aliphatic rings. The molecule has 1 aromatic rings. The molecule has 2 fully saturated rings. The van der Waals surface area contributed by atoms with E-state index in [1.165, 1.54) is 0 Å². The maximum absolute atomic E-state index is 13.0. The summed E-state index contributed by atoms with van der Waals surface area (Å²) in [4.78, 5) is 15.1. The standard InChI is InChI=1S/C16H20ClNO2S/c1-20-15-6-3-10(17)7-14(15)16(19)18-11-4-5-12(18)9-13(8-11)21-2/h3,6-7,11-13H,4-5,8-9H2,1-2H3/t11-,12-/m0/s1. The van der Waals surface area contributed by atoms with Gasteiger partial charge in [0.05, 0.1) is 12.7 Å². The lowest BCUT2D eigenvalue weighted by atomic mass is 10.0. The first-order valence-electron chi connectivity index (χ1n) is 7.33. The largest absolute Gasteiger partial charge is 0.496 e. The van der Waals surface area contributed by atoms with Crippen LogP contribution in [-0.2, 0) is 0 Å². The highest BCUT2D eigenvalue weighted by Crippen LogP contribution is 2.41. The number of halogens is 1. The molecule has 0 N–H and O–H groups in total. The number of amides is 1. The van der Waals surface area contributed by atoms with Gasteiger partial charge in [-0.15, -0.1) is 0 Å². The summed E-state index contributed by atoms with van der Waals surface area (Å²) in [6.45, 7) is 0. The predicted molar refractivity (Wildman–Crippen MR) is 87.5 cm³/mol. The minimum atomic E-state index is 0.0707. The summed E-state index contributed by atoms with van der Waals surface area (Å²) in [6.07, 6.45) is 6.62. The quantitative estimate of drug-likeness (QED) is 0.845. The molecule has 0 unspecified atom stereocenters. The van der Waals surface area contributed by atoms with E-state index in [4.69, 9.17) is 16.3 Å². The number of ether oxygens (including phenoxy) is 1. The second-order valence-electron chi connectivity index (χ2n) is 5.77. The number of benzene rings is 1. The first kappa shape index (κ1) is 15.0. The van der Waals surface area contributed by atoms with Crippen molar-refractivity contribution in [3.63, 3.8) is 0 Å². The van der Waals surface area contributed by atoms with E-state index >= 15 is 0 Å². The molecule has 0 radical (unpaired) electrons. The van der Waals surface area contributed by atoms with Crippen LogP contribution in [-0.4, -0.2) is 41.5 Å². The number of thioether (sulfide) groups is 1. The van der Waals surface area contributed by atoms with E-state index < -0.39 is 0 Å². The van der Waals surface area contributed by atoms with Gasteiger partial charge in [-0.1, -0.05) is 11.6 Å². The third kappa shape index (κ3) is 2.76. The third-order valence-electron chi connectivity index (χ3n) is 4.65. The van der Waals surface area contributed by atoms with Crippen LogP contribution in [0.4, 0.5) is 0 Å². The van der Waals surface area contributed by atoms with E-state index in [9.17, 15) is 4.79 Å². The summed E-state index contributed by atoms with van der Waals surface area (Å²) in [5.41, 5.74) is 0.588. The Morgan fingerprint density at radius 3 is 2.57 bits per heavy atom. The Labute approximate surface area is 135 Å². The molecule has 0 saturated carbocycles. The smallest absolute Gasteiger partial charge is 0.258 e. The van der Waals surface area contributed by atoms with Crippen LogP contribution in [0.3, 0.4) is 0 Å². The molecule has 2 aliphatic heterocycles. The lowest BCUT2D eigenvalue weighted by molar-refractivity contribution is 0.0598. The second-order valence-corrected chi connectivity index (χ2v) is 7.35. The number of hydrogen-bond donors (Lipinski definition) is 0. The molecule has 1 amide bonds. The van der Waals surface area contributed by atoms with Gasteiger partial charge < -0.3 is 9.64 Å². The second kappa shape index (κ2) is 6.09. The zero-order valence-corrected chi connectivity index (χ0v) is 13.9. The number of fused-ring (bicyclic) bond motifs is 2. The van der Waals surface area contributed by atoms with E-state index in [-0.39, 0.29) is 5.91 Å². The molecule has 0 aliphatic carbocycles. The number of carbonyl (C=O) groups excluding carboxylic acids is 1. The summed E-state index contributed by atoms with van der Waals surface area (Å²) < 4.78 is 5.34. The molecule has 3 rings (SSSR count). The molecule has 2 bridgehead atoms. The van der Waals surface area contributed by atoms with E-state index in [1.807, 2.05) is 11.8 Å². The van der Waals surface area contributed by atoms with Crippen LogP contribution in [0.5, 0.6) is 5.75 Å². The molecule has 0 spiro atoms. The minimum Gasteiger partial charge on any atom is -0.496 e. The van der Waals surface area contributed by atoms with Crippen molar-refractivity contribution in [2.24, 2.45) is 0 Å². The zero-order chi connectivity index (χ0) is 15.0. The van der Waals surface area contributed by atoms with Crippen molar-refractivity contribution in [3.8, 4) is 5.75 Å². The maximum atomic E-state index is 13.0. The van der Waals surface area contributed by atoms with Crippen molar-refractivity contribution in [1.29, 1.82) is 0 Å². The van der Waals surface area contributed by atoms with Gasteiger partial charge in [-0.05, 0) is 50.1 Å². The monoisotopic (exact) mass is 325 g/mol. The van der Waals surface area contributed by atoms with Gasteiger partial charge >= 0.3 is 0 Å². The Morgan fingerprint density at radius 2 is 2.00 bits per heavy atom. The molecule has 0 aromatic heterocycles. The molecule has 114 valence electrons. The van der Waals surface area contributed by atoms with Crippen molar-refractivity contribution in [2.45, 2.75) is 43.0 Å². The van der Waals surface area contributed by atoms with Crippen LogP contribution in [0.1, 0.15) is 36.0 Å². The van der Waals surface area contributed by atoms with E-state index in [0.717, 1.165) is 25.7 Å². The number of piperidine rings is 1. The zero-order valence-electron chi connectivity index (χ0n) is 12.3. The Morgan fingerprint density at radius 1 is 1.33 bits per heavy atom. The van der Waals surface area contributed by atoms with Crippen molar-refractivity contribution in [1.82, 2.24) is 4.90 Å². The number of nitrogens with zero attached hydrogens (tertiary/aromatic N) is 1. The van der Waals surface area contributed by atoms with Gasteiger partial charge in [-0.2, -0.15) is 11.8 Å². The molecule has 21 heavy (non-hydrogen) atoms. The fourth-order valence-electron chi connectivity index (χ4n) is 3.64. The number of methoxy groups -OCH3 is 1. The summed E-state index contributed by atoms with van der Waals surface area (Å²) in [6, 6.07) is 6.00. The van der Waals surface area contributed by atoms with Crippen LogP contribution in [0.15, 0.2) is 18.2 Å². The lowest BCUT2D eigenvalue weighted by Gasteiger charge is -2.38. The Balaban J connectivity index is 1.88. The van der Waals surface area contributed by atoms with Crippen LogP contribution in [0, 0.1) is 0 Å². The van der Waals surface area contributed by atoms with Crippen molar-refractivity contribution in [3.05, 3.63) is 28.8 Å². The number of carbonyl (C=O) groups is 1. The van der Waals surface area contributed by atoms with E-state index in [2.05, 4.69) is 11.2 Å². The van der Waals surface area contributed by atoms with E-state index in [1.54, 1.807) is 25.3 Å². The van der Waals surface area contributed by atoms with Crippen LogP contribution >= 0.6 is 23.4 Å². The lowest BCUT2D eigenvalue weighted by Crippen LogP contribution is -2.47. The maximum Gasteiger partial charge on any atom is 0.258 e. The average molecular weight is 326 g/mol. The van der Waals surface area contributed by atoms with Crippen molar-refractivity contribution in [2.75, 3.05) is 13.4 Å². The van der Waals surface area contributed by atoms with Crippen molar-refractivity contribution < 1.29 is 9.53 Å². The van der Waals surface area contributed by atoms with Gasteiger partial charge in [0.15, 0.2) is 0 Å². The molecular formula is C16H20ClNO2S. The first-order chi connectivity index (χ1) is 10.1. The summed E-state index contributed by atoms with van der Waals surface area (Å²) in [7, 11) is 1.59. The van der Waals surface area contributed by atoms with E-state index in [0.29, 0.717) is 33.7 Å². The first-order valence-corrected chi connectivity index (χ1v) is 8.99. The fourth-order valence-corrected chi connectivity index (χ4v) is 4.64. The topological polar surface area (TPSA) is 29.5 Å². The Bertz CT molecular complexity index is 537. The van der Waals surface area contributed by atoms with Crippen molar-refractivity contribution >= 4 is 29.3 Å². The van der Waals surface area contributed by atoms with Gasteiger partial charge in [0.2, 0.25) is 0 Å². The molecule has 5 heteroatoms. The minimum absolute atomic E-state index is 0.0707. The molecule has 2 atom stereocenters. The molecule has 3 nitrogen and oxygen atoms in total. The summed E-state index contributed by atoms with van der Waals surface area (Å²) in [5.74, 6) is 0.678. The number of hydrogen-bond acceptors (Lipinski definition) is 3. The summed E-state index contributed by atoms with van der Waals surface area (Å²) >= 11 is 7.99. The highest BCUT2D eigenvalue weighted by Gasteiger charge is 2.43. The predicted octanol–water partition coefficient (Wildman–Crippen LogP) is 3.85. The fraction of sp³-hybridized carbons (Fsp3) is 0.562. The van der Waals surface area contributed by atoms with Gasteiger partial charge in [-0.25, -0.2) is 0 Å². The molecule has 1 aromatic carbocycles. The highest BCUT2D eigenvalue weighted by atomic mass is 35.5. The SMILES string of the molecule is COc1ccc(Cl)cc1C(=O)N1[C@H]2CC[C@H]1CC(SC)C2. The van der Waals surface area contributed by atoms with Crippen LogP contribution in [0.25, 0.3) is 0 Å². The normalized spacial score (nSPS) is 27.8. The highest BCUT2D eigenvalue weighted by molar-refractivity contribution is 7.99. The van der Waals surface area contributed by atoms with Crippen LogP contribution < -0.4 is 4.74 Å².